The van der Waals surface area contributed by atoms with Crippen molar-refractivity contribution in [1.29, 1.82) is 0 Å². The molecular weight excluding hydrogens is 297 g/mol. The molecule has 1 aliphatic heterocycles. The molecule has 2 atom stereocenters. The lowest BCUT2D eigenvalue weighted by molar-refractivity contribution is 0.00253. The Morgan fingerprint density at radius 1 is 1.22 bits per heavy atom. The van der Waals surface area contributed by atoms with E-state index in [9.17, 15) is 9.18 Å². The van der Waals surface area contributed by atoms with Crippen molar-refractivity contribution in [1.82, 2.24) is 10.3 Å². The quantitative estimate of drug-likeness (QED) is 0.914. The molecule has 6 heteroatoms. The highest BCUT2D eigenvalue weighted by Crippen LogP contribution is 2.27. The first-order chi connectivity index (χ1) is 11.2. The van der Waals surface area contributed by atoms with Gasteiger partial charge in [-0.2, -0.15) is 0 Å². The smallest absolute Gasteiger partial charge is 0.320 e. The molecule has 1 saturated heterocycles. The summed E-state index contributed by atoms with van der Waals surface area (Å²) in [6.45, 7) is 0.597. The Morgan fingerprint density at radius 3 is 2.78 bits per heavy atom. The van der Waals surface area contributed by atoms with Gasteiger partial charge in [0, 0.05) is 12.6 Å². The molecule has 1 aromatic carbocycles. The van der Waals surface area contributed by atoms with Gasteiger partial charge in [-0.3, -0.25) is 5.32 Å². The molecule has 5 nitrogen and oxygen atoms in total. The van der Waals surface area contributed by atoms with Crippen LogP contribution in [-0.4, -0.2) is 23.7 Å². The number of carbonyl (C=O) groups is 1. The molecule has 2 aromatic rings. The number of aromatic nitrogens is 1. The van der Waals surface area contributed by atoms with Crippen LogP contribution in [0.3, 0.4) is 0 Å². The lowest BCUT2D eigenvalue weighted by Gasteiger charge is -2.30. The number of urea groups is 1. The number of anilines is 1. The van der Waals surface area contributed by atoms with E-state index in [1.54, 1.807) is 0 Å². The topological polar surface area (TPSA) is 63.2 Å². The number of ether oxygens (including phenoxy) is 1. The van der Waals surface area contributed by atoms with Gasteiger partial charge >= 0.3 is 6.03 Å². The Balaban J connectivity index is 1.55. The second kappa shape index (κ2) is 7.19. The van der Waals surface area contributed by atoms with Gasteiger partial charge in [0.05, 0.1) is 12.3 Å². The summed E-state index contributed by atoms with van der Waals surface area (Å²) < 4.78 is 18.6. The Bertz CT molecular complexity index is 649. The molecule has 23 heavy (non-hydrogen) atoms. The van der Waals surface area contributed by atoms with E-state index in [0.717, 1.165) is 18.2 Å². The van der Waals surface area contributed by atoms with E-state index in [4.69, 9.17) is 4.74 Å². The molecule has 1 aliphatic rings. The van der Waals surface area contributed by atoms with Crippen LogP contribution in [0.15, 0.2) is 48.7 Å². The highest BCUT2D eigenvalue weighted by molar-refractivity contribution is 5.88. The van der Waals surface area contributed by atoms with Crippen LogP contribution in [0.5, 0.6) is 0 Å². The average Bonchev–Trinajstić information content (AvgIpc) is 2.58. The van der Waals surface area contributed by atoms with Gasteiger partial charge in [0.25, 0.3) is 0 Å². The maximum atomic E-state index is 12.8. The summed E-state index contributed by atoms with van der Waals surface area (Å²) in [5.41, 5.74) is 1.11. The van der Waals surface area contributed by atoms with Crippen LogP contribution in [0.2, 0.25) is 0 Å². The third-order valence-electron chi connectivity index (χ3n) is 3.76. The van der Waals surface area contributed by atoms with Gasteiger partial charge < -0.3 is 10.1 Å². The summed E-state index contributed by atoms with van der Waals surface area (Å²) in [7, 11) is 0. The predicted molar refractivity (Wildman–Crippen MR) is 84.5 cm³/mol. The number of hydrogen-bond donors (Lipinski definition) is 2. The number of rotatable bonds is 3. The van der Waals surface area contributed by atoms with E-state index >= 15 is 0 Å². The van der Waals surface area contributed by atoms with E-state index in [0.29, 0.717) is 18.8 Å². The summed E-state index contributed by atoms with van der Waals surface area (Å²) in [6, 6.07) is 12.3. The third-order valence-corrected chi connectivity index (χ3v) is 3.76. The molecule has 120 valence electrons. The van der Waals surface area contributed by atoms with Crippen LogP contribution in [0, 0.1) is 5.82 Å². The fourth-order valence-corrected chi connectivity index (χ4v) is 2.62. The SMILES string of the molecule is O=C(Nc1ccc(F)cn1)N[C@H]1CCO[C@H](c2ccccc2)C1. The van der Waals surface area contributed by atoms with Crippen molar-refractivity contribution in [2.75, 3.05) is 11.9 Å². The summed E-state index contributed by atoms with van der Waals surface area (Å²) in [5, 5.41) is 5.52. The van der Waals surface area contributed by atoms with Crippen molar-refractivity contribution in [3.8, 4) is 0 Å². The minimum atomic E-state index is -0.439. The minimum Gasteiger partial charge on any atom is -0.373 e. The molecular formula is C17H18FN3O2. The van der Waals surface area contributed by atoms with E-state index in [2.05, 4.69) is 15.6 Å². The molecule has 0 saturated carbocycles. The first-order valence-corrected chi connectivity index (χ1v) is 7.56. The van der Waals surface area contributed by atoms with Gasteiger partial charge in [-0.1, -0.05) is 30.3 Å². The standard InChI is InChI=1S/C17H18FN3O2/c18-13-6-7-16(19-11-13)21-17(22)20-14-8-9-23-15(10-14)12-4-2-1-3-5-12/h1-7,11,14-15H,8-10H2,(H2,19,20,21,22)/t14-,15-/m0/s1. The van der Waals surface area contributed by atoms with E-state index in [1.807, 2.05) is 30.3 Å². The molecule has 0 spiro atoms. The summed E-state index contributed by atoms with van der Waals surface area (Å²) in [5.74, 6) is -0.123. The maximum Gasteiger partial charge on any atom is 0.320 e. The Hall–Kier alpha value is -2.47. The van der Waals surface area contributed by atoms with Crippen LogP contribution in [-0.2, 0) is 4.74 Å². The lowest BCUT2D eigenvalue weighted by Crippen LogP contribution is -2.42. The molecule has 0 radical (unpaired) electrons. The van der Waals surface area contributed by atoms with E-state index < -0.39 is 5.82 Å². The average molecular weight is 315 g/mol. The maximum absolute atomic E-state index is 12.8. The van der Waals surface area contributed by atoms with Crippen molar-refractivity contribution in [3.63, 3.8) is 0 Å². The number of hydrogen-bond acceptors (Lipinski definition) is 3. The monoisotopic (exact) mass is 315 g/mol. The zero-order valence-electron chi connectivity index (χ0n) is 12.5. The summed E-state index contributed by atoms with van der Waals surface area (Å²) in [4.78, 5) is 15.8. The van der Waals surface area contributed by atoms with Crippen molar-refractivity contribution in [2.45, 2.75) is 25.0 Å². The molecule has 1 fully saturated rings. The molecule has 2 N–H and O–H groups in total. The zero-order valence-corrected chi connectivity index (χ0v) is 12.5. The number of benzene rings is 1. The van der Waals surface area contributed by atoms with Crippen molar-refractivity contribution in [2.24, 2.45) is 0 Å². The summed E-state index contributed by atoms with van der Waals surface area (Å²) >= 11 is 0. The van der Waals surface area contributed by atoms with E-state index in [-0.39, 0.29) is 18.2 Å². The molecule has 1 aromatic heterocycles. The Kier molecular flexibility index (Phi) is 4.83. The van der Waals surface area contributed by atoms with Gasteiger partial charge in [-0.25, -0.2) is 14.2 Å². The second-order valence-corrected chi connectivity index (χ2v) is 5.45. The highest BCUT2D eigenvalue weighted by Gasteiger charge is 2.25. The summed E-state index contributed by atoms with van der Waals surface area (Å²) in [6.07, 6.45) is 2.52. The molecule has 0 unspecified atom stereocenters. The van der Waals surface area contributed by atoms with Crippen molar-refractivity contribution >= 4 is 11.8 Å². The first kappa shape index (κ1) is 15.4. The normalized spacial score (nSPS) is 20.7. The molecule has 3 rings (SSSR count). The van der Waals surface area contributed by atoms with Crippen LogP contribution < -0.4 is 10.6 Å². The van der Waals surface area contributed by atoms with Crippen LogP contribution >= 0.6 is 0 Å². The number of amides is 2. The lowest BCUT2D eigenvalue weighted by atomic mass is 9.97. The van der Waals surface area contributed by atoms with Gasteiger partial charge in [0.15, 0.2) is 0 Å². The number of pyridine rings is 1. The third kappa shape index (κ3) is 4.26. The fourth-order valence-electron chi connectivity index (χ4n) is 2.62. The first-order valence-electron chi connectivity index (χ1n) is 7.56. The van der Waals surface area contributed by atoms with Gasteiger partial charge in [-0.15, -0.1) is 0 Å². The molecule has 2 heterocycles. The van der Waals surface area contributed by atoms with Crippen LogP contribution in [0.1, 0.15) is 24.5 Å². The second-order valence-electron chi connectivity index (χ2n) is 5.45. The van der Waals surface area contributed by atoms with Crippen molar-refractivity contribution < 1.29 is 13.9 Å². The van der Waals surface area contributed by atoms with Gasteiger partial charge in [-0.05, 0) is 30.5 Å². The van der Waals surface area contributed by atoms with Gasteiger partial charge in [0.1, 0.15) is 11.6 Å². The highest BCUT2D eigenvalue weighted by atomic mass is 19.1. The van der Waals surface area contributed by atoms with Crippen molar-refractivity contribution in [3.05, 3.63) is 60.0 Å². The predicted octanol–water partition coefficient (Wildman–Crippen LogP) is 3.26. The van der Waals surface area contributed by atoms with Crippen LogP contribution in [0.25, 0.3) is 0 Å². The van der Waals surface area contributed by atoms with Gasteiger partial charge in [0.2, 0.25) is 0 Å². The largest absolute Gasteiger partial charge is 0.373 e. The fraction of sp³-hybridized carbons (Fsp3) is 0.294. The van der Waals surface area contributed by atoms with Crippen LogP contribution in [0.4, 0.5) is 15.0 Å². The zero-order chi connectivity index (χ0) is 16.1. The number of nitrogens with one attached hydrogen (secondary N) is 2. The molecule has 2 amide bonds. The number of halogens is 1. The molecule has 0 aliphatic carbocycles. The molecule has 0 bridgehead atoms. The van der Waals surface area contributed by atoms with E-state index in [1.165, 1.54) is 12.1 Å². The minimum absolute atomic E-state index is 0.0146. The Morgan fingerprint density at radius 2 is 2.04 bits per heavy atom. The number of nitrogens with zero attached hydrogens (tertiary/aromatic N) is 1. The number of carbonyl (C=O) groups excluding carboxylic acids is 1. The Labute approximate surface area is 133 Å².